The van der Waals surface area contributed by atoms with Crippen LogP contribution in [0, 0.1) is 0 Å². The normalized spacial score (nSPS) is 10.5. The van der Waals surface area contributed by atoms with Crippen LogP contribution in [0.1, 0.15) is 36.6 Å². The molecule has 0 unspecified atom stereocenters. The molecule has 6 nitrogen and oxygen atoms in total. The van der Waals surface area contributed by atoms with Crippen LogP contribution in [-0.2, 0) is 4.74 Å². The fourth-order valence-corrected chi connectivity index (χ4v) is 1.95. The van der Waals surface area contributed by atoms with Crippen molar-refractivity contribution >= 4 is 24.0 Å². The summed E-state index contributed by atoms with van der Waals surface area (Å²) in [6, 6.07) is 12.5. The second-order valence-corrected chi connectivity index (χ2v) is 4.82. The highest BCUT2D eigenvalue weighted by Crippen LogP contribution is 2.12. The van der Waals surface area contributed by atoms with Crippen LogP contribution in [0.2, 0.25) is 0 Å². The molecular weight excluding hydrogens is 312 g/mol. The summed E-state index contributed by atoms with van der Waals surface area (Å²) in [5, 5.41) is 18.0. The van der Waals surface area contributed by atoms with Crippen LogP contribution in [-0.4, -0.2) is 34.7 Å². The van der Waals surface area contributed by atoms with E-state index in [1.54, 1.807) is 12.2 Å². The maximum Gasteiger partial charge on any atom is 0.338 e. The SMILES string of the molecule is O=C(O)c1cc(C(=O)O)cc(C(=O)OC/C=C\c2ccccc2)c1. The van der Waals surface area contributed by atoms with E-state index in [0.29, 0.717) is 0 Å². The molecule has 0 bridgehead atoms. The number of ether oxygens (including phenoxy) is 1. The molecule has 6 heteroatoms. The first-order valence-corrected chi connectivity index (χ1v) is 6.98. The molecule has 0 aliphatic heterocycles. The third kappa shape index (κ3) is 4.54. The van der Waals surface area contributed by atoms with Gasteiger partial charge in [0.15, 0.2) is 0 Å². The molecular formula is C18H14O6. The van der Waals surface area contributed by atoms with E-state index in [9.17, 15) is 14.4 Å². The molecule has 0 heterocycles. The number of hydrogen-bond donors (Lipinski definition) is 2. The van der Waals surface area contributed by atoms with Gasteiger partial charge in [-0.3, -0.25) is 0 Å². The monoisotopic (exact) mass is 326 g/mol. The fourth-order valence-electron chi connectivity index (χ4n) is 1.95. The Kier molecular flexibility index (Phi) is 5.46. The first-order chi connectivity index (χ1) is 11.5. The largest absolute Gasteiger partial charge is 0.478 e. The summed E-state index contributed by atoms with van der Waals surface area (Å²) < 4.78 is 5.01. The van der Waals surface area contributed by atoms with E-state index < -0.39 is 17.9 Å². The maximum absolute atomic E-state index is 12.0. The van der Waals surface area contributed by atoms with Crippen molar-refractivity contribution in [3.63, 3.8) is 0 Å². The molecule has 24 heavy (non-hydrogen) atoms. The van der Waals surface area contributed by atoms with Gasteiger partial charge in [0.25, 0.3) is 0 Å². The number of carbonyl (C=O) groups is 3. The minimum atomic E-state index is -1.32. The van der Waals surface area contributed by atoms with Gasteiger partial charge in [0, 0.05) is 0 Å². The molecule has 0 amide bonds. The van der Waals surface area contributed by atoms with E-state index in [-0.39, 0.29) is 23.3 Å². The number of aromatic carboxylic acids is 2. The fraction of sp³-hybridized carbons (Fsp3) is 0.0556. The molecule has 2 rings (SSSR count). The molecule has 0 aliphatic rings. The van der Waals surface area contributed by atoms with Crippen molar-refractivity contribution in [3.05, 3.63) is 76.9 Å². The van der Waals surface area contributed by atoms with E-state index in [1.807, 2.05) is 30.3 Å². The number of benzene rings is 2. The Morgan fingerprint density at radius 1 is 0.875 bits per heavy atom. The summed E-state index contributed by atoms with van der Waals surface area (Å²) in [5.41, 5.74) is 0.235. The Morgan fingerprint density at radius 3 is 1.96 bits per heavy atom. The summed E-state index contributed by atoms with van der Waals surface area (Å²) >= 11 is 0. The van der Waals surface area contributed by atoms with Gasteiger partial charge in [0.05, 0.1) is 16.7 Å². The topological polar surface area (TPSA) is 101 Å². The van der Waals surface area contributed by atoms with Crippen LogP contribution >= 0.6 is 0 Å². The molecule has 0 aromatic heterocycles. The highest BCUT2D eigenvalue weighted by molar-refractivity contribution is 5.99. The van der Waals surface area contributed by atoms with E-state index in [4.69, 9.17) is 14.9 Å². The molecule has 0 saturated heterocycles. The third-order valence-corrected chi connectivity index (χ3v) is 3.08. The Balaban J connectivity index is 2.07. The lowest BCUT2D eigenvalue weighted by atomic mass is 10.1. The van der Waals surface area contributed by atoms with Crippen molar-refractivity contribution < 1.29 is 29.3 Å². The Hall–Kier alpha value is -3.41. The Bertz CT molecular complexity index is 760. The molecule has 0 atom stereocenters. The first-order valence-electron chi connectivity index (χ1n) is 6.98. The second-order valence-electron chi connectivity index (χ2n) is 4.82. The van der Waals surface area contributed by atoms with Gasteiger partial charge in [-0.1, -0.05) is 36.4 Å². The molecule has 0 aliphatic carbocycles. The molecule has 0 fully saturated rings. The van der Waals surface area contributed by atoms with Crippen LogP contribution in [0.25, 0.3) is 6.08 Å². The summed E-state index contributed by atoms with van der Waals surface area (Å²) in [7, 11) is 0. The van der Waals surface area contributed by atoms with Gasteiger partial charge < -0.3 is 14.9 Å². The Labute approximate surface area is 137 Å². The molecule has 0 spiro atoms. The molecule has 2 aromatic rings. The smallest absolute Gasteiger partial charge is 0.338 e. The van der Waals surface area contributed by atoms with E-state index in [2.05, 4.69) is 0 Å². The highest BCUT2D eigenvalue weighted by Gasteiger charge is 2.16. The predicted octanol–water partition coefficient (Wildman–Crippen LogP) is 2.95. The van der Waals surface area contributed by atoms with Crippen LogP contribution in [0.3, 0.4) is 0 Å². The minimum Gasteiger partial charge on any atom is -0.478 e. The van der Waals surface area contributed by atoms with Gasteiger partial charge >= 0.3 is 17.9 Å². The Morgan fingerprint density at radius 2 is 1.42 bits per heavy atom. The molecule has 122 valence electrons. The quantitative estimate of drug-likeness (QED) is 0.792. The zero-order valence-corrected chi connectivity index (χ0v) is 12.5. The summed E-state index contributed by atoms with van der Waals surface area (Å²) in [6.07, 6.45) is 3.40. The van der Waals surface area contributed by atoms with Crippen molar-refractivity contribution in [2.75, 3.05) is 6.61 Å². The van der Waals surface area contributed by atoms with Crippen LogP contribution < -0.4 is 0 Å². The zero-order chi connectivity index (χ0) is 17.5. The molecule has 2 N–H and O–H groups in total. The van der Waals surface area contributed by atoms with E-state index >= 15 is 0 Å². The number of carboxylic acid groups (broad SMARTS) is 2. The standard InChI is InChI=1S/C18H14O6/c19-16(20)13-9-14(17(21)22)11-15(10-13)18(23)24-8-4-7-12-5-2-1-3-6-12/h1-7,9-11H,8H2,(H,19,20)(H,21,22)/b7-4-. The van der Waals surface area contributed by atoms with Crippen molar-refractivity contribution in [2.24, 2.45) is 0 Å². The van der Waals surface area contributed by atoms with Crippen molar-refractivity contribution in [2.45, 2.75) is 0 Å². The van der Waals surface area contributed by atoms with Crippen molar-refractivity contribution in [3.8, 4) is 0 Å². The van der Waals surface area contributed by atoms with Crippen LogP contribution in [0.4, 0.5) is 0 Å². The van der Waals surface area contributed by atoms with Crippen LogP contribution in [0.5, 0.6) is 0 Å². The lowest BCUT2D eigenvalue weighted by molar-refractivity contribution is 0.0550. The summed E-state index contributed by atoms with van der Waals surface area (Å²) in [5.74, 6) is -3.44. The van der Waals surface area contributed by atoms with Crippen LogP contribution in [0.15, 0.2) is 54.6 Å². The minimum absolute atomic E-state index is 0.0204. The lowest BCUT2D eigenvalue weighted by Crippen LogP contribution is -2.10. The van der Waals surface area contributed by atoms with Gasteiger partial charge in [-0.05, 0) is 29.8 Å². The predicted molar refractivity (Wildman–Crippen MR) is 86.1 cm³/mol. The molecule has 0 saturated carbocycles. The van der Waals surface area contributed by atoms with Crippen molar-refractivity contribution in [1.29, 1.82) is 0 Å². The summed E-state index contributed by atoms with van der Waals surface area (Å²) in [6.45, 7) is -0.0204. The lowest BCUT2D eigenvalue weighted by Gasteiger charge is -2.05. The number of carboxylic acids is 2. The van der Waals surface area contributed by atoms with Crippen molar-refractivity contribution in [1.82, 2.24) is 0 Å². The summed E-state index contributed by atoms with van der Waals surface area (Å²) in [4.78, 5) is 34.0. The molecule has 0 radical (unpaired) electrons. The van der Waals surface area contributed by atoms with E-state index in [1.165, 1.54) is 0 Å². The van der Waals surface area contributed by atoms with Gasteiger partial charge in [0.2, 0.25) is 0 Å². The average molecular weight is 326 g/mol. The first kappa shape index (κ1) is 17.0. The van der Waals surface area contributed by atoms with Gasteiger partial charge in [0.1, 0.15) is 6.61 Å². The van der Waals surface area contributed by atoms with E-state index in [0.717, 1.165) is 23.8 Å². The maximum atomic E-state index is 12.0. The highest BCUT2D eigenvalue weighted by atomic mass is 16.5. The van der Waals surface area contributed by atoms with Gasteiger partial charge in [-0.2, -0.15) is 0 Å². The average Bonchev–Trinajstić information content (AvgIpc) is 2.59. The van der Waals surface area contributed by atoms with Gasteiger partial charge in [-0.25, -0.2) is 14.4 Å². The molecule has 2 aromatic carbocycles. The number of carbonyl (C=O) groups excluding carboxylic acids is 1. The number of hydrogen-bond acceptors (Lipinski definition) is 4. The zero-order valence-electron chi connectivity index (χ0n) is 12.5. The van der Waals surface area contributed by atoms with Gasteiger partial charge in [-0.15, -0.1) is 0 Å². The third-order valence-electron chi connectivity index (χ3n) is 3.08. The number of esters is 1. The second kappa shape index (κ2) is 7.73. The number of rotatable bonds is 6.